The average molecular weight is 251 g/mol. The maximum absolute atomic E-state index is 11.7. The Kier molecular flexibility index (Phi) is 6.22. The molecule has 0 heterocycles. The fourth-order valence-electron chi connectivity index (χ4n) is 1.51. The SMILES string of the molecule is CC(O)CCCNC(=O)C(C)Oc1ccccc1. The van der Waals surface area contributed by atoms with Crippen molar-refractivity contribution in [3.8, 4) is 5.75 Å². The lowest BCUT2D eigenvalue weighted by Gasteiger charge is -2.14. The van der Waals surface area contributed by atoms with Gasteiger partial charge in [-0.2, -0.15) is 0 Å². The minimum absolute atomic E-state index is 0.135. The molecule has 0 spiro atoms. The first-order valence-electron chi connectivity index (χ1n) is 6.27. The van der Waals surface area contributed by atoms with Gasteiger partial charge >= 0.3 is 0 Å². The Bertz CT molecular complexity index is 351. The van der Waals surface area contributed by atoms with E-state index in [9.17, 15) is 4.79 Å². The van der Waals surface area contributed by atoms with E-state index in [0.29, 0.717) is 18.7 Å². The zero-order valence-corrected chi connectivity index (χ0v) is 10.9. The Morgan fingerprint density at radius 3 is 2.61 bits per heavy atom. The zero-order valence-electron chi connectivity index (χ0n) is 10.9. The zero-order chi connectivity index (χ0) is 13.4. The van der Waals surface area contributed by atoms with Crippen molar-refractivity contribution in [1.82, 2.24) is 5.32 Å². The van der Waals surface area contributed by atoms with Crippen LogP contribution in [0.25, 0.3) is 0 Å². The van der Waals surface area contributed by atoms with Crippen LogP contribution in [0.1, 0.15) is 26.7 Å². The number of nitrogens with one attached hydrogen (secondary N) is 1. The molecule has 0 aromatic heterocycles. The fourth-order valence-corrected chi connectivity index (χ4v) is 1.51. The third kappa shape index (κ3) is 5.68. The van der Waals surface area contributed by atoms with Gasteiger partial charge in [0.2, 0.25) is 0 Å². The smallest absolute Gasteiger partial charge is 0.260 e. The third-order valence-electron chi connectivity index (χ3n) is 2.52. The van der Waals surface area contributed by atoms with E-state index in [1.807, 2.05) is 30.3 Å². The number of hydrogen-bond donors (Lipinski definition) is 2. The highest BCUT2D eigenvalue weighted by molar-refractivity contribution is 5.80. The summed E-state index contributed by atoms with van der Waals surface area (Å²) < 4.78 is 5.49. The van der Waals surface area contributed by atoms with E-state index in [-0.39, 0.29) is 12.0 Å². The first-order valence-corrected chi connectivity index (χ1v) is 6.27. The maximum Gasteiger partial charge on any atom is 0.260 e. The van der Waals surface area contributed by atoms with Crippen molar-refractivity contribution in [2.75, 3.05) is 6.54 Å². The second-order valence-electron chi connectivity index (χ2n) is 4.36. The van der Waals surface area contributed by atoms with Crippen LogP contribution >= 0.6 is 0 Å². The largest absolute Gasteiger partial charge is 0.481 e. The Balaban J connectivity index is 2.25. The van der Waals surface area contributed by atoms with Gasteiger partial charge in [0, 0.05) is 6.54 Å². The number of hydrogen-bond acceptors (Lipinski definition) is 3. The van der Waals surface area contributed by atoms with Gasteiger partial charge in [-0.15, -0.1) is 0 Å². The summed E-state index contributed by atoms with van der Waals surface area (Å²) in [5.74, 6) is 0.550. The number of rotatable bonds is 7. The summed E-state index contributed by atoms with van der Waals surface area (Å²) in [6.07, 6.45) is 0.620. The minimum Gasteiger partial charge on any atom is -0.481 e. The molecule has 2 N–H and O–H groups in total. The molecule has 1 aromatic rings. The van der Waals surface area contributed by atoms with E-state index < -0.39 is 6.10 Å². The lowest BCUT2D eigenvalue weighted by Crippen LogP contribution is -2.36. The predicted octanol–water partition coefficient (Wildman–Crippen LogP) is 1.73. The molecule has 18 heavy (non-hydrogen) atoms. The van der Waals surface area contributed by atoms with Crippen LogP contribution in [0.4, 0.5) is 0 Å². The fraction of sp³-hybridized carbons (Fsp3) is 0.500. The highest BCUT2D eigenvalue weighted by Crippen LogP contribution is 2.10. The van der Waals surface area contributed by atoms with E-state index in [1.165, 1.54) is 0 Å². The number of aliphatic hydroxyl groups is 1. The first-order chi connectivity index (χ1) is 8.59. The first kappa shape index (κ1) is 14.5. The van der Waals surface area contributed by atoms with E-state index in [0.717, 1.165) is 6.42 Å². The third-order valence-corrected chi connectivity index (χ3v) is 2.52. The summed E-state index contributed by atoms with van der Waals surface area (Å²) in [5, 5.41) is 11.9. The molecule has 4 nitrogen and oxygen atoms in total. The maximum atomic E-state index is 11.7. The highest BCUT2D eigenvalue weighted by Gasteiger charge is 2.13. The summed E-state index contributed by atoms with van der Waals surface area (Å²) in [4.78, 5) is 11.7. The summed E-state index contributed by atoms with van der Waals surface area (Å²) in [5.41, 5.74) is 0. The van der Waals surface area contributed by atoms with Gasteiger partial charge in [0.25, 0.3) is 5.91 Å². The van der Waals surface area contributed by atoms with Crippen molar-refractivity contribution in [1.29, 1.82) is 0 Å². The van der Waals surface area contributed by atoms with Crippen molar-refractivity contribution in [3.05, 3.63) is 30.3 Å². The number of carbonyl (C=O) groups excluding carboxylic acids is 1. The number of para-hydroxylation sites is 1. The number of ether oxygens (including phenoxy) is 1. The number of amides is 1. The molecule has 100 valence electrons. The molecule has 2 unspecified atom stereocenters. The van der Waals surface area contributed by atoms with Crippen LogP contribution in [0.15, 0.2) is 30.3 Å². The lowest BCUT2D eigenvalue weighted by atomic mass is 10.2. The molecule has 0 aliphatic carbocycles. The molecule has 0 bridgehead atoms. The average Bonchev–Trinajstić information content (AvgIpc) is 2.35. The summed E-state index contributed by atoms with van der Waals surface area (Å²) in [7, 11) is 0. The quantitative estimate of drug-likeness (QED) is 0.726. The summed E-state index contributed by atoms with van der Waals surface area (Å²) >= 11 is 0. The molecule has 0 aliphatic rings. The lowest BCUT2D eigenvalue weighted by molar-refractivity contribution is -0.127. The Morgan fingerprint density at radius 2 is 2.00 bits per heavy atom. The molecule has 4 heteroatoms. The molecule has 0 fully saturated rings. The van der Waals surface area contributed by atoms with Crippen molar-refractivity contribution < 1.29 is 14.6 Å². The minimum atomic E-state index is -0.515. The normalized spacial score (nSPS) is 13.7. The van der Waals surface area contributed by atoms with Gasteiger partial charge in [0.05, 0.1) is 6.10 Å². The monoisotopic (exact) mass is 251 g/mol. The Hall–Kier alpha value is -1.55. The second kappa shape index (κ2) is 7.71. The van der Waals surface area contributed by atoms with Crippen LogP contribution in [0.5, 0.6) is 5.75 Å². The van der Waals surface area contributed by atoms with E-state index in [4.69, 9.17) is 9.84 Å². The van der Waals surface area contributed by atoms with E-state index >= 15 is 0 Å². The molecule has 1 aromatic carbocycles. The molecule has 0 saturated carbocycles. The van der Waals surface area contributed by atoms with E-state index in [1.54, 1.807) is 13.8 Å². The molecule has 0 radical (unpaired) electrons. The second-order valence-corrected chi connectivity index (χ2v) is 4.36. The van der Waals surface area contributed by atoms with Gasteiger partial charge in [0.1, 0.15) is 5.75 Å². The predicted molar refractivity (Wildman–Crippen MR) is 70.5 cm³/mol. The van der Waals surface area contributed by atoms with Crippen LogP contribution in [-0.2, 0) is 4.79 Å². The molecular formula is C14H21NO3. The van der Waals surface area contributed by atoms with Gasteiger partial charge in [-0.25, -0.2) is 0 Å². The molecule has 1 rings (SSSR count). The molecule has 0 aliphatic heterocycles. The van der Waals surface area contributed by atoms with Gasteiger partial charge < -0.3 is 15.2 Å². The van der Waals surface area contributed by atoms with Crippen LogP contribution in [0.3, 0.4) is 0 Å². The van der Waals surface area contributed by atoms with Crippen LogP contribution < -0.4 is 10.1 Å². The van der Waals surface area contributed by atoms with Gasteiger partial charge in [0.15, 0.2) is 6.10 Å². The van der Waals surface area contributed by atoms with Crippen LogP contribution in [-0.4, -0.2) is 29.8 Å². The molecule has 0 saturated heterocycles. The molecular weight excluding hydrogens is 230 g/mol. The summed E-state index contributed by atoms with van der Waals surface area (Å²) in [6.45, 7) is 4.02. The molecule has 1 amide bonds. The Labute approximate surface area is 108 Å². The number of benzene rings is 1. The standard InChI is InChI=1S/C14H21NO3/c1-11(16)7-6-10-15-14(17)12(2)18-13-8-4-3-5-9-13/h3-5,8-9,11-12,16H,6-7,10H2,1-2H3,(H,15,17). The van der Waals surface area contributed by atoms with Crippen molar-refractivity contribution in [2.45, 2.75) is 38.9 Å². The number of carbonyl (C=O) groups is 1. The van der Waals surface area contributed by atoms with Crippen LogP contribution in [0, 0.1) is 0 Å². The Morgan fingerprint density at radius 1 is 1.33 bits per heavy atom. The topological polar surface area (TPSA) is 58.6 Å². The van der Waals surface area contributed by atoms with Gasteiger partial charge in [-0.1, -0.05) is 18.2 Å². The van der Waals surface area contributed by atoms with Crippen molar-refractivity contribution in [3.63, 3.8) is 0 Å². The summed E-state index contributed by atoms with van der Waals surface area (Å²) in [6, 6.07) is 9.26. The van der Waals surface area contributed by atoms with Crippen LogP contribution in [0.2, 0.25) is 0 Å². The van der Waals surface area contributed by atoms with Crippen molar-refractivity contribution >= 4 is 5.91 Å². The van der Waals surface area contributed by atoms with Gasteiger partial charge in [-0.05, 0) is 38.8 Å². The number of aliphatic hydroxyl groups excluding tert-OH is 1. The highest BCUT2D eigenvalue weighted by atomic mass is 16.5. The van der Waals surface area contributed by atoms with Crippen molar-refractivity contribution in [2.24, 2.45) is 0 Å². The van der Waals surface area contributed by atoms with Gasteiger partial charge in [-0.3, -0.25) is 4.79 Å². The van der Waals surface area contributed by atoms with E-state index in [2.05, 4.69) is 5.32 Å². The molecule has 2 atom stereocenters.